The molecule has 1 atom stereocenters. The Morgan fingerprint density at radius 1 is 1.40 bits per heavy atom. The van der Waals surface area contributed by atoms with E-state index < -0.39 is 5.60 Å². The minimum absolute atomic E-state index is 0.382. The molecule has 0 radical (unpaired) electrons. The van der Waals surface area contributed by atoms with Crippen LogP contribution in [-0.2, 0) is 19.0 Å². The fraction of sp³-hybridized carbons (Fsp3) is 0.545. The van der Waals surface area contributed by atoms with Gasteiger partial charge < -0.3 is 14.2 Å². The molecule has 0 fully saturated rings. The first kappa shape index (κ1) is 11.8. The Labute approximate surface area is 89.5 Å². The molecule has 0 N–H and O–H groups in total. The van der Waals surface area contributed by atoms with Gasteiger partial charge in [-0.2, -0.15) is 0 Å². The van der Waals surface area contributed by atoms with Crippen molar-refractivity contribution in [3.05, 3.63) is 23.5 Å². The van der Waals surface area contributed by atoms with E-state index in [1.165, 1.54) is 7.11 Å². The summed E-state index contributed by atoms with van der Waals surface area (Å²) in [5.41, 5.74) is -0.0474. The van der Waals surface area contributed by atoms with Crippen LogP contribution in [0.3, 0.4) is 0 Å². The lowest BCUT2D eigenvalue weighted by molar-refractivity contribution is -0.136. The highest BCUT2D eigenvalue weighted by atomic mass is 16.5. The van der Waals surface area contributed by atoms with Crippen LogP contribution in [0.15, 0.2) is 23.5 Å². The molecule has 0 aromatic carbocycles. The number of rotatable bonds is 3. The Hall–Kier alpha value is -1.29. The molecule has 0 aliphatic heterocycles. The highest BCUT2D eigenvalue weighted by molar-refractivity contribution is 5.92. The second kappa shape index (κ2) is 4.49. The predicted molar refractivity (Wildman–Crippen MR) is 55.2 cm³/mol. The normalized spacial score (nSPS) is 25.3. The van der Waals surface area contributed by atoms with E-state index in [-0.39, 0.29) is 5.97 Å². The van der Waals surface area contributed by atoms with Gasteiger partial charge in [0.25, 0.3) is 0 Å². The van der Waals surface area contributed by atoms with E-state index in [1.54, 1.807) is 26.4 Å². The van der Waals surface area contributed by atoms with Crippen LogP contribution in [0, 0.1) is 0 Å². The summed E-state index contributed by atoms with van der Waals surface area (Å²) >= 11 is 0. The maximum Gasteiger partial charge on any atom is 0.337 e. The van der Waals surface area contributed by atoms with E-state index in [1.807, 2.05) is 6.92 Å². The van der Waals surface area contributed by atoms with Crippen LogP contribution in [0.2, 0.25) is 0 Å². The molecular formula is C11H16O4. The van der Waals surface area contributed by atoms with Crippen molar-refractivity contribution in [1.82, 2.24) is 0 Å². The van der Waals surface area contributed by atoms with E-state index in [0.717, 1.165) is 0 Å². The Morgan fingerprint density at radius 3 is 2.53 bits per heavy atom. The van der Waals surface area contributed by atoms with E-state index in [2.05, 4.69) is 4.74 Å². The van der Waals surface area contributed by atoms with Crippen molar-refractivity contribution in [2.45, 2.75) is 18.9 Å². The molecule has 4 nitrogen and oxygen atoms in total. The molecule has 0 saturated heterocycles. The van der Waals surface area contributed by atoms with Crippen molar-refractivity contribution in [1.29, 1.82) is 0 Å². The van der Waals surface area contributed by atoms with E-state index >= 15 is 0 Å². The molecule has 1 unspecified atom stereocenters. The van der Waals surface area contributed by atoms with Gasteiger partial charge in [-0.15, -0.1) is 0 Å². The van der Waals surface area contributed by atoms with Crippen molar-refractivity contribution in [3.8, 4) is 0 Å². The van der Waals surface area contributed by atoms with Crippen molar-refractivity contribution in [2.24, 2.45) is 0 Å². The smallest absolute Gasteiger partial charge is 0.337 e. The standard InChI is InChI=1S/C11H16O4/c1-11(15-4)6-8(10(12)14-3)5-9(7-11)13-2/h5-6H,7H2,1-4H3. The van der Waals surface area contributed by atoms with E-state index in [4.69, 9.17) is 9.47 Å². The van der Waals surface area contributed by atoms with Gasteiger partial charge in [0.05, 0.1) is 31.2 Å². The van der Waals surface area contributed by atoms with Crippen LogP contribution in [0.25, 0.3) is 0 Å². The van der Waals surface area contributed by atoms with Gasteiger partial charge in [0.1, 0.15) is 0 Å². The number of carbonyl (C=O) groups excluding carboxylic acids is 1. The summed E-state index contributed by atoms with van der Waals surface area (Å²) in [5.74, 6) is 0.328. The quantitative estimate of drug-likeness (QED) is 0.664. The first-order valence-corrected chi connectivity index (χ1v) is 4.65. The molecule has 0 aromatic heterocycles. The molecule has 1 aliphatic carbocycles. The first-order chi connectivity index (χ1) is 7.04. The maximum atomic E-state index is 11.4. The molecule has 0 saturated carbocycles. The number of methoxy groups -OCH3 is 3. The largest absolute Gasteiger partial charge is 0.501 e. The molecule has 15 heavy (non-hydrogen) atoms. The maximum absolute atomic E-state index is 11.4. The topological polar surface area (TPSA) is 44.8 Å². The molecule has 84 valence electrons. The predicted octanol–water partition coefficient (Wildman–Crippen LogP) is 1.42. The number of ether oxygens (including phenoxy) is 3. The van der Waals surface area contributed by atoms with Crippen LogP contribution < -0.4 is 0 Å². The molecule has 0 amide bonds. The van der Waals surface area contributed by atoms with Crippen molar-refractivity contribution in [2.75, 3.05) is 21.3 Å². The van der Waals surface area contributed by atoms with Crippen LogP contribution in [0.1, 0.15) is 13.3 Å². The van der Waals surface area contributed by atoms with Crippen LogP contribution in [0.5, 0.6) is 0 Å². The second-order valence-electron chi connectivity index (χ2n) is 3.60. The van der Waals surface area contributed by atoms with Gasteiger partial charge >= 0.3 is 5.97 Å². The zero-order valence-electron chi connectivity index (χ0n) is 9.49. The van der Waals surface area contributed by atoms with Gasteiger partial charge in [0.2, 0.25) is 0 Å². The average molecular weight is 212 g/mol. The lowest BCUT2D eigenvalue weighted by atomic mass is 9.92. The van der Waals surface area contributed by atoms with Gasteiger partial charge in [0.15, 0.2) is 0 Å². The summed E-state index contributed by atoms with van der Waals surface area (Å²) in [6.07, 6.45) is 4.04. The Balaban J connectivity index is 3.01. The van der Waals surface area contributed by atoms with Crippen LogP contribution in [-0.4, -0.2) is 32.9 Å². The molecule has 0 heterocycles. The fourth-order valence-electron chi connectivity index (χ4n) is 1.49. The van der Waals surface area contributed by atoms with Gasteiger partial charge in [-0.1, -0.05) is 0 Å². The van der Waals surface area contributed by atoms with Crippen molar-refractivity contribution >= 4 is 5.97 Å². The summed E-state index contributed by atoms with van der Waals surface area (Å²) in [6.45, 7) is 1.89. The number of esters is 1. The van der Waals surface area contributed by atoms with Gasteiger partial charge in [-0.25, -0.2) is 4.79 Å². The van der Waals surface area contributed by atoms with Crippen LogP contribution >= 0.6 is 0 Å². The first-order valence-electron chi connectivity index (χ1n) is 4.65. The lowest BCUT2D eigenvalue weighted by Crippen LogP contribution is -2.29. The number of hydrogen-bond acceptors (Lipinski definition) is 4. The molecule has 0 bridgehead atoms. The van der Waals surface area contributed by atoms with Crippen LogP contribution in [0.4, 0.5) is 0 Å². The van der Waals surface area contributed by atoms with E-state index in [9.17, 15) is 4.79 Å². The molecule has 1 rings (SSSR count). The monoisotopic (exact) mass is 212 g/mol. The third-order valence-electron chi connectivity index (χ3n) is 2.45. The summed E-state index contributed by atoms with van der Waals surface area (Å²) in [5, 5.41) is 0. The molecule has 0 aromatic rings. The van der Waals surface area contributed by atoms with Crippen molar-refractivity contribution < 1.29 is 19.0 Å². The van der Waals surface area contributed by atoms with Gasteiger partial charge in [0, 0.05) is 13.5 Å². The minimum atomic E-state index is -0.510. The van der Waals surface area contributed by atoms with E-state index in [0.29, 0.717) is 17.8 Å². The Kier molecular flexibility index (Phi) is 3.52. The minimum Gasteiger partial charge on any atom is -0.501 e. The average Bonchev–Trinajstić information content (AvgIpc) is 2.27. The molecule has 4 heteroatoms. The second-order valence-corrected chi connectivity index (χ2v) is 3.60. The molecular weight excluding hydrogens is 196 g/mol. The Bertz CT molecular complexity index is 317. The SMILES string of the molecule is COC(=O)C1=CC(C)(OC)CC(OC)=C1. The lowest BCUT2D eigenvalue weighted by Gasteiger charge is -2.29. The highest BCUT2D eigenvalue weighted by Gasteiger charge is 2.29. The third-order valence-corrected chi connectivity index (χ3v) is 2.45. The third kappa shape index (κ3) is 2.59. The molecule has 1 aliphatic rings. The van der Waals surface area contributed by atoms with Gasteiger partial charge in [-0.3, -0.25) is 0 Å². The fourth-order valence-corrected chi connectivity index (χ4v) is 1.49. The highest BCUT2D eigenvalue weighted by Crippen LogP contribution is 2.29. The Morgan fingerprint density at radius 2 is 2.07 bits per heavy atom. The zero-order chi connectivity index (χ0) is 11.5. The molecule has 0 spiro atoms. The number of hydrogen-bond donors (Lipinski definition) is 0. The van der Waals surface area contributed by atoms with Crippen molar-refractivity contribution in [3.63, 3.8) is 0 Å². The van der Waals surface area contributed by atoms with Gasteiger partial charge in [-0.05, 0) is 19.1 Å². The number of carbonyl (C=O) groups is 1. The summed E-state index contributed by atoms with van der Waals surface area (Å²) in [4.78, 5) is 11.4. The summed E-state index contributed by atoms with van der Waals surface area (Å²) in [6, 6.07) is 0. The zero-order valence-corrected chi connectivity index (χ0v) is 9.49. The summed E-state index contributed by atoms with van der Waals surface area (Å²) in [7, 11) is 4.52. The summed E-state index contributed by atoms with van der Waals surface area (Å²) < 4.78 is 15.1.